The van der Waals surface area contributed by atoms with Gasteiger partial charge in [0.2, 0.25) is 0 Å². The normalized spacial score (nSPS) is 10.3. The van der Waals surface area contributed by atoms with Gasteiger partial charge in [-0.1, -0.05) is 12.1 Å². The lowest BCUT2D eigenvalue weighted by molar-refractivity contribution is -0.383. The largest absolute Gasteiger partial charge is 0.427 e. The van der Waals surface area contributed by atoms with Crippen LogP contribution in [0.1, 0.15) is 0 Å². The van der Waals surface area contributed by atoms with Gasteiger partial charge < -0.3 is 9.79 Å². The Kier molecular flexibility index (Phi) is 4.70. The number of anilines is 1. The van der Waals surface area contributed by atoms with Crippen LogP contribution in [0.25, 0.3) is 0 Å². The fourth-order valence-electron chi connectivity index (χ4n) is 0.884. The molecule has 7 nitrogen and oxygen atoms in total. The van der Waals surface area contributed by atoms with Crippen LogP contribution in [0.4, 0.5) is 11.4 Å². The van der Waals surface area contributed by atoms with E-state index in [2.05, 4.69) is 0 Å². The summed E-state index contributed by atoms with van der Waals surface area (Å²) in [6, 6.07) is 5.21. The molecule has 0 aliphatic rings. The van der Waals surface area contributed by atoms with Crippen molar-refractivity contribution in [2.45, 2.75) is 0 Å². The first-order valence-corrected chi connectivity index (χ1v) is 5.08. The second kappa shape index (κ2) is 5.09. The number of nitro benzene ring substituents is 1. The maximum atomic E-state index is 10.5. The van der Waals surface area contributed by atoms with Gasteiger partial charge in [-0.3, -0.25) is 15.2 Å². The first-order chi connectivity index (χ1) is 6.40. The van der Waals surface area contributed by atoms with E-state index in [0.29, 0.717) is 0 Å². The zero-order valence-electron chi connectivity index (χ0n) is 7.23. The van der Waals surface area contributed by atoms with Crippen molar-refractivity contribution >= 4 is 31.5 Å². The average molecular weight is 255 g/mol. The zero-order valence-corrected chi connectivity index (χ0v) is 8.94. The molecule has 0 bridgehead atoms. The van der Waals surface area contributed by atoms with E-state index in [1.165, 1.54) is 18.2 Å². The highest BCUT2D eigenvalue weighted by molar-refractivity contribution is 7.53. The summed E-state index contributed by atoms with van der Waals surface area (Å²) in [5.74, 6) is 0. The van der Waals surface area contributed by atoms with E-state index >= 15 is 0 Å². The molecule has 0 radical (unpaired) electrons. The van der Waals surface area contributed by atoms with Crippen LogP contribution in [0.15, 0.2) is 24.3 Å². The second-order valence-corrected chi connectivity index (χ2v) is 3.74. The predicted octanol–water partition coefficient (Wildman–Crippen LogP) is 1.52. The Morgan fingerprint density at radius 3 is 2.33 bits per heavy atom. The van der Waals surface area contributed by atoms with Gasteiger partial charge >= 0.3 is 7.75 Å². The molecule has 1 aromatic carbocycles. The topological polar surface area (TPSA) is 113 Å². The summed E-state index contributed by atoms with van der Waals surface area (Å²) in [5, 5.41) is 12.2. The molecule has 0 aliphatic carbocycles. The molecule has 9 heteroatoms. The van der Waals surface area contributed by atoms with Crippen LogP contribution in [0.5, 0.6) is 0 Å². The smallest absolute Gasteiger partial charge is 0.308 e. The van der Waals surface area contributed by atoms with Gasteiger partial charge in [0, 0.05) is 6.07 Å². The van der Waals surface area contributed by atoms with Crippen LogP contribution in [0.2, 0.25) is 0 Å². The van der Waals surface area contributed by atoms with Crippen molar-refractivity contribution in [3.8, 4) is 0 Å². The fraction of sp³-hybridized carbons (Fsp3) is 0. The minimum Gasteiger partial charge on any atom is -0.308 e. The molecule has 0 fully saturated rings. The van der Waals surface area contributed by atoms with Crippen LogP contribution in [-0.2, 0) is 4.57 Å². The SMILES string of the molecule is Cl.O=[N+]([O-])c1ccccc1NP(=O)(O)O. The summed E-state index contributed by atoms with van der Waals surface area (Å²) in [6.07, 6.45) is 0. The number of nitrogens with zero attached hydrogens (tertiary/aromatic N) is 1. The second-order valence-electron chi connectivity index (χ2n) is 2.43. The summed E-state index contributed by atoms with van der Waals surface area (Å²) in [4.78, 5) is 26.8. The minimum absolute atomic E-state index is 0. The van der Waals surface area contributed by atoms with Gasteiger partial charge in [-0.2, -0.15) is 0 Å². The van der Waals surface area contributed by atoms with Gasteiger partial charge in [0.05, 0.1) is 4.92 Å². The number of hydrogen-bond donors (Lipinski definition) is 3. The lowest BCUT2D eigenvalue weighted by Crippen LogP contribution is -1.98. The molecular formula is C6H8ClN2O5P. The monoisotopic (exact) mass is 254 g/mol. The van der Waals surface area contributed by atoms with Gasteiger partial charge in [-0.05, 0) is 6.07 Å². The van der Waals surface area contributed by atoms with Crippen LogP contribution >= 0.6 is 20.2 Å². The third-order valence-corrected chi connectivity index (χ3v) is 1.90. The van der Waals surface area contributed by atoms with Crippen molar-refractivity contribution in [1.29, 1.82) is 0 Å². The Hall–Kier alpha value is -1.14. The zero-order chi connectivity index (χ0) is 10.8. The number of rotatable bonds is 3. The van der Waals surface area contributed by atoms with Gasteiger partial charge in [-0.15, -0.1) is 12.4 Å². The Labute approximate surface area is 90.9 Å². The Bertz CT molecular complexity index is 406. The molecule has 15 heavy (non-hydrogen) atoms. The highest BCUT2D eigenvalue weighted by Crippen LogP contribution is 2.38. The number of nitro groups is 1. The van der Waals surface area contributed by atoms with Crippen molar-refractivity contribution in [3.05, 3.63) is 34.4 Å². The van der Waals surface area contributed by atoms with Crippen molar-refractivity contribution < 1.29 is 19.3 Å². The predicted molar refractivity (Wildman–Crippen MR) is 56.0 cm³/mol. The van der Waals surface area contributed by atoms with E-state index in [0.717, 1.165) is 6.07 Å². The molecule has 0 unspecified atom stereocenters. The summed E-state index contributed by atoms with van der Waals surface area (Å²) in [7, 11) is -4.51. The highest BCUT2D eigenvalue weighted by atomic mass is 35.5. The summed E-state index contributed by atoms with van der Waals surface area (Å²) < 4.78 is 10.5. The summed E-state index contributed by atoms with van der Waals surface area (Å²) >= 11 is 0. The maximum absolute atomic E-state index is 10.5. The highest BCUT2D eigenvalue weighted by Gasteiger charge is 2.19. The quantitative estimate of drug-likeness (QED) is 0.428. The summed E-state index contributed by atoms with van der Waals surface area (Å²) in [5.41, 5.74) is -0.582. The molecule has 0 heterocycles. The van der Waals surface area contributed by atoms with E-state index in [1.54, 1.807) is 5.09 Å². The standard InChI is InChI=1S/C6H7N2O5P.ClH/c9-8(10)6-4-2-1-3-5(6)7-14(11,12)13;/h1-4H,(H3,7,11,12,13);1H. The fourth-order valence-corrected chi connectivity index (χ4v) is 1.39. The van der Waals surface area contributed by atoms with E-state index in [1.807, 2.05) is 0 Å². The lowest BCUT2D eigenvalue weighted by atomic mass is 10.3. The number of benzene rings is 1. The molecule has 0 amide bonds. The number of hydrogen-bond acceptors (Lipinski definition) is 3. The Morgan fingerprint density at radius 1 is 1.33 bits per heavy atom. The molecule has 1 rings (SSSR count). The van der Waals surface area contributed by atoms with Crippen LogP contribution < -0.4 is 5.09 Å². The maximum Gasteiger partial charge on any atom is 0.427 e. The van der Waals surface area contributed by atoms with Crippen LogP contribution in [0, 0.1) is 10.1 Å². The van der Waals surface area contributed by atoms with Crippen molar-refractivity contribution in [2.24, 2.45) is 0 Å². The van der Waals surface area contributed by atoms with Gasteiger partial charge in [0.1, 0.15) is 5.69 Å². The molecule has 0 aliphatic heterocycles. The van der Waals surface area contributed by atoms with Gasteiger partial charge in [-0.25, -0.2) is 4.57 Å². The van der Waals surface area contributed by atoms with E-state index in [4.69, 9.17) is 9.79 Å². The molecule has 0 saturated heterocycles. The molecule has 0 atom stereocenters. The third kappa shape index (κ3) is 4.26. The Morgan fingerprint density at radius 2 is 1.87 bits per heavy atom. The summed E-state index contributed by atoms with van der Waals surface area (Å²) in [6.45, 7) is 0. The van der Waals surface area contributed by atoms with Gasteiger partial charge in [0.25, 0.3) is 5.69 Å². The molecule has 3 N–H and O–H groups in total. The first-order valence-electron chi connectivity index (χ1n) is 3.47. The van der Waals surface area contributed by atoms with Crippen LogP contribution in [0.3, 0.4) is 0 Å². The molecule has 1 aromatic rings. The molecule has 0 aromatic heterocycles. The van der Waals surface area contributed by atoms with E-state index in [-0.39, 0.29) is 23.8 Å². The number of halogens is 1. The van der Waals surface area contributed by atoms with Crippen molar-refractivity contribution in [2.75, 3.05) is 5.09 Å². The number of nitrogens with one attached hydrogen (secondary N) is 1. The molecular weight excluding hydrogens is 247 g/mol. The third-order valence-electron chi connectivity index (χ3n) is 1.37. The lowest BCUT2D eigenvalue weighted by Gasteiger charge is -2.07. The first kappa shape index (κ1) is 13.9. The molecule has 0 saturated carbocycles. The average Bonchev–Trinajstić information content (AvgIpc) is 2.01. The molecule has 0 spiro atoms. The van der Waals surface area contributed by atoms with Crippen LogP contribution in [-0.4, -0.2) is 14.7 Å². The van der Waals surface area contributed by atoms with Gasteiger partial charge in [0.15, 0.2) is 0 Å². The minimum atomic E-state index is -4.51. The molecule has 84 valence electrons. The van der Waals surface area contributed by atoms with E-state index < -0.39 is 12.7 Å². The number of para-hydroxylation sites is 2. The Balaban J connectivity index is 0.00000196. The van der Waals surface area contributed by atoms with E-state index in [9.17, 15) is 14.7 Å². The van der Waals surface area contributed by atoms with Crippen molar-refractivity contribution in [1.82, 2.24) is 0 Å². The van der Waals surface area contributed by atoms with Crippen molar-refractivity contribution in [3.63, 3.8) is 0 Å².